The zero-order valence-electron chi connectivity index (χ0n) is 21.6. The minimum atomic E-state index is -0.865. The summed E-state index contributed by atoms with van der Waals surface area (Å²) in [6.45, 7) is 2.69. The number of Topliss-reactive ketones (excluding diaryl/α,β-unsaturated/α-hetero) is 1. The fourth-order valence-corrected chi connectivity index (χ4v) is 6.45. The zero-order valence-corrected chi connectivity index (χ0v) is 24.0. The van der Waals surface area contributed by atoms with E-state index in [0.29, 0.717) is 38.6 Å². The first-order chi connectivity index (χ1) is 19.5. The van der Waals surface area contributed by atoms with E-state index in [0.717, 1.165) is 18.4 Å². The number of benzene rings is 3. The molecule has 7 nitrogen and oxygen atoms in total. The summed E-state index contributed by atoms with van der Waals surface area (Å²) >= 11 is 8.94. The van der Waals surface area contributed by atoms with Crippen LogP contribution in [-0.4, -0.2) is 33.6 Å². The number of ether oxygens (including phenoxy) is 1. The van der Waals surface area contributed by atoms with Crippen molar-refractivity contribution in [2.24, 2.45) is 0 Å². The Balaban J connectivity index is 1.47. The van der Waals surface area contributed by atoms with Gasteiger partial charge in [0.2, 0.25) is 5.13 Å². The van der Waals surface area contributed by atoms with E-state index in [2.05, 4.69) is 17.1 Å². The predicted molar refractivity (Wildman–Crippen MR) is 159 cm³/mol. The summed E-state index contributed by atoms with van der Waals surface area (Å²) in [6, 6.07) is 22.7. The van der Waals surface area contributed by atoms with Crippen molar-refractivity contribution >= 4 is 57.3 Å². The van der Waals surface area contributed by atoms with E-state index in [1.165, 1.54) is 28.0 Å². The zero-order chi connectivity index (χ0) is 28.1. The Morgan fingerprint density at radius 1 is 1.02 bits per heavy atom. The van der Waals surface area contributed by atoms with Gasteiger partial charge < -0.3 is 9.84 Å². The third kappa shape index (κ3) is 5.91. The van der Waals surface area contributed by atoms with E-state index in [4.69, 9.17) is 16.3 Å². The Hall–Kier alpha value is -3.66. The first-order valence-corrected chi connectivity index (χ1v) is 14.9. The summed E-state index contributed by atoms with van der Waals surface area (Å²) in [4.78, 5) is 28.1. The third-order valence-electron chi connectivity index (χ3n) is 6.36. The summed E-state index contributed by atoms with van der Waals surface area (Å²) in [6.07, 6.45) is 1.96. The number of ketones is 1. The van der Waals surface area contributed by atoms with E-state index < -0.39 is 17.7 Å². The molecule has 2 heterocycles. The van der Waals surface area contributed by atoms with Crippen LogP contribution in [0, 0.1) is 0 Å². The number of amides is 1. The minimum Gasteiger partial charge on any atom is -0.507 e. The first kappa shape index (κ1) is 27.9. The average Bonchev–Trinajstić information content (AvgIpc) is 3.55. The molecular formula is C30H26ClN3O4S2. The highest BCUT2D eigenvalue weighted by Crippen LogP contribution is 2.44. The lowest BCUT2D eigenvalue weighted by molar-refractivity contribution is -0.132. The number of aliphatic hydroxyl groups is 1. The van der Waals surface area contributed by atoms with Gasteiger partial charge in [-0.3, -0.25) is 14.5 Å². The number of aliphatic hydroxyl groups excluding tert-OH is 1. The number of unbranched alkanes of at least 4 members (excludes halogenated alkanes) is 1. The van der Waals surface area contributed by atoms with Crippen LogP contribution in [0.25, 0.3) is 5.76 Å². The molecule has 1 saturated heterocycles. The quantitative estimate of drug-likeness (QED) is 0.0517. The molecule has 10 heteroatoms. The van der Waals surface area contributed by atoms with Gasteiger partial charge in [0.25, 0.3) is 5.78 Å². The second-order valence-electron chi connectivity index (χ2n) is 9.04. The van der Waals surface area contributed by atoms with Crippen LogP contribution in [0.2, 0.25) is 5.02 Å². The van der Waals surface area contributed by atoms with Crippen molar-refractivity contribution in [1.82, 2.24) is 10.2 Å². The van der Waals surface area contributed by atoms with E-state index >= 15 is 0 Å². The Labute approximate surface area is 245 Å². The van der Waals surface area contributed by atoms with Crippen molar-refractivity contribution in [2.45, 2.75) is 35.9 Å². The van der Waals surface area contributed by atoms with Crippen LogP contribution in [0.5, 0.6) is 5.75 Å². The van der Waals surface area contributed by atoms with Gasteiger partial charge in [-0.25, -0.2) is 0 Å². The standard InChI is InChI=1S/C30H26ClN3O4S2/c1-2-3-17-38-22-15-13-20(14-16-22)26(35)24-25(19-9-5-4-6-10-19)34(28(37)27(24)36)29-32-33-30(40-29)39-18-21-11-7-8-12-23(21)31/h4-16,25,35H,2-3,17-18H2,1H3/t25-/m1/s1. The Morgan fingerprint density at radius 2 is 1.75 bits per heavy atom. The van der Waals surface area contributed by atoms with Crippen LogP contribution in [0.1, 0.15) is 42.5 Å². The molecule has 1 fully saturated rings. The normalized spacial score (nSPS) is 16.4. The molecule has 1 aliphatic rings. The number of anilines is 1. The number of rotatable bonds is 10. The van der Waals surface area contributed by atoms with Crippen molar-refractivity contribution in [2.75, 3.05) is 11.5 Å². The van der Waals surface area contributed by atoms with Gasteiger partial charge >= 0.3 is 5.91 Å². The number of hydrogen-bond donors (Lipinski definition) is 1. The van der Waals surface area contributed by atoms with E-state index in [9.17, 15) is 14.7 Å². The molecule has 0 unspecified atom stereocenters. The van der Waals surface area contributed by atoms with Gasteiger partial charge in [-0.2, -0.15) is 0 Å². The molecule has 3 aromatic carbocycles. The lowest BCUT2D eigenvalue weighted by Crippen LogP contribution is -2.29. The molecule has 204 valence electrons. The highest BCUT2D eigenvalue weighted by molar-refractivity contribution is 8.00. The Kier molecular flexibility index (Phi) is 8.84. The molecule has 0 bridgehead atoms. The molecule has 0 radical (unpaired) electrons. The summed E-state index contributed by atoms with van der Waals surface area (Å²) in [5.41, 5.74) is 2.03. The number of carbonyl (C=O) groups is 2. The minimum absolute atomic E-state index is 0.00341. The van der Waals surface area contributed by atoms with Gasteiger partial charge in [0, 0.05) is 16.3 Å². The molecule has 5 rings (SSSR count). The number of thioether (sulfide) groups is 1. The smallest absolute Gasteiger partial charge is 0.301 e. The van der Waals surface area contributed by atoms with Crippen molar-refractivity contribution < 1.29 is 19.4 Å². The summed E-state index contributed by atoms with van der Waals surface area (Å²) in [5, 5.41) is 20.8. The Bertz CT molecular complexity index is 1540. The molecular weight excluding hydrogens is 566 g/mol. The van der Waals surface area contributed by atoms with Crippen LogP contribution in [0.4, 0.5) is 5.13 Å². The van der Waals surface area contributed by atoms with Gasteiger partial charge in [0.15, 0.2) is 4.34 Å². The molecule has 1 N–H and O–H groups in total. The molecule has 1 aromatic heterocycles. The van der Waals surface area contributed by atoms with Crippen LogP contribution in [0.3, 0.4) is 0 Å². The number of aromatic nitrogens is 2. The highest BCUT2D eigenvalue weighted by Gasteiger charge is 2.48. The highest BCUT2D eigenvalue weighted by atomic mass is 35.5. The lowest BCUT2D eigenvalue weighted by atomic mass is 9.95. The second-order valence-corrected chi connectivity index (χ2v) is 11.6. The van der Waals surface area contributed by atoms with Crippen molar-refractivity contribution in [3.8, 4) is 5.75 Å². The molecule has 1 atom stereocenters. The van der Waals surface area contributed by atoms with E-state index in [-0.39, 0.29) is 16.5 Å². The lowest BCUT2D eigenvalue weighted by Gasteiger charge is -2.22. The van der Waals surface area contributed by atoms with Crippen LogP contribution in [0.15, 0.2) is 88.8 Å². The maximum Gasteiger partial charge on any atom is 0.301 e. The molecule has 0 spiro atoms. The van der Waals surface area contributed by atoms with Crippen molar-refractivity contribution in [3.63, 3.8) is 0 Å². The summed E-state index contributed by atoms with van der Waals surface area (Å²) in [5.74, 6) is -0.565. The fraction of sp³-hybridized carbons (Fsp3) is 0.200. The third-order valence-corrected chi connectivity index (χ3v) is 8.84. The number of hydrogen-bond acceptors (Lipinski definition) is 8. The first-order valence-electron chi connectivity index (χ1n) is 12.8. The molecule has 1 amide bonds. The van der Waals surface area contributed by atoms with E-state index in [1.54, 1.807) is 24.3 Å². The topological polar surface area (TPSA) is 92.6 Å². The average molecular weight is 592 g/mol. The maximum atomic E-state index is 13.4. The monoisotopic (exact) mass is 591 g/mol. The molecule has 0 aliphatic carbocycles. The van der Waals surface area contributed by atoms with Gasteiger partial charge in [-0.15, -0.1) is 10.2 Å². The van der Waals surface area contributed by atoms with Crippen LogP contribution in [-0.2, 0) is 15.3 Å². The summed E-state index contributed by atoms with van der Waals surface area (Å²) in [7, 11) is 0. The van der Waals surface area contributed by atoms with Gasteiger partial charge in [-0.1, -0.05) is 96.6 Å². The largest absolute Gasteiger partial charge is 0.507 e. The van der Waals surface area contributed by atoms with E-state index in [1.807, 2.05) is 54.6 Å². The van der Waals surface area contributed by atoms with Gasteiger partial charge in [0.1, 0.15) is 11.5 Å². The molecule has 1 aliphatic heterocycles. The fourth-order valence-electron chi connectivity index (χ4n) is 4.29. The molecule has 40 heavy (non-hydrogen) atoms. The molecule has 4 aromatic rings. The second kappa shape index (κ2) is 12.7. The van der Waals surface area contributed by atoms with Crippen LogP contribution < -0.4 is 9.64 Å². The Morgan fingerprint density at radius 3 is 2.48 bits per heavy atom. The van der Waals surface area contributed by atoms with Gasteiger partial charge in [-0.05, 0) is 47.9 Å². The number of halogens is 1. The maximum absolute atomic E-state index is 13.4. The SMILES string of the molecule is CCCCOc1ccc(C(O)=C2C(=O)C(=O)N(c3nnc(SCc4ccccc4Cl)s3)[C@@H]2c2ccccc2)cc1. The van der Waals surface area contributed by atoms with Gasteiger partial charge in [0.05, 0.1) is 18.2 Å². The van der Waals surface area contributed by atoms with Crippen LogP contribution >= 0.6 is 34.7 Å². The number of carbonyl (C=O) groups excluding carboxylic acids is 2. The summed E-state index contributed by atoms with van der Waals surface area (Å²) < 4.78 is 6.34. The number of nitrogens with zero attached hydrogens (tertiary/aromatic N) is 3. The molecule has 0 saturated carbocycles. The van der Waals surface area contributed by atoms with Crippen molar-refractivity contribution in [3.05, 3.63) is 106 Å². The van der Waals surface area contributed by atoms with Crippen molar-refractivity contribution in [1.29, 1.82) is 0 Å². The predicted octanol–water partition coefficient (Wildman–Crippen LogP) is 7.29.